The van der Waals surface area contributed by atoms with E-state index < -0.39 is 11.7 Å². The fourth-order valence-corrected chi connectivity index (χ4v) is 16.0. The van der Waals surface area contributed by atoms with Crippen molar-refractivity contribution in [1.29, 1.82) is 0 Å². The number of likely N-dealkylation sites (tertiary alicyclic amines) is 1. The van der Waals surface area contributed by atoms with E-state index in [4.69, 9.17) is 16.6 Å². The molecule has 1 aromatic carbocycles. The van der Waals surface area contributed by atoms with E-state index in [0.717, 1.165) is 134 Å². The van der Waals surface area contributed by atoms with E-state index in [0.29, 0.717) is 43.0 Å². The van der Waals surface area contributed by atoms with Crippen molar-refractivity contribution in [3.63, 3.8) is 0 Å². The van der Waals surface area contributed by atoms with Crippen molar-refractivity contribution >= 4 is 23.2 Å². The Morgan fingerprint density at radius 1 is 0.831 bits per heavy atom. The van der Waals surface area contributed by atoms with Crippen LogP contribution in [0.5, 0.6) is 0 Å². The van der Waals surface area contributed by atoms with Gasteiger partial charge in [0.05, 0.1) is 16.5 Å². The zero-order valence-corrected chi connectivity index (χ0v) is 58.1. The topological polar surface area (TPSA) is 118 Å². The fraction of sp³-hybridized carbons (Fsp3) is 0.778. The predicted molar refractivity (Wildman–Crippen MR) is 366 cm³/mol. The van der Waals surface area contributed by atoms with Gasteiger partial charge in [-0.05, 0) is 159 Å². The average Bonchev–Trinajstić information content (AvgIpc) is 1.12. The van der Waals surface area contributed by atoms with Crippen LogP contribution >= 0.6 is 11.6 Å². The Kier molecular flexibility index (Phi) is 29.1. The molecule has 504 valence electrons. The van der Waals surface area contributed by atoms with Crippen LogP contribution in [-0.2, 0) is 17.4 Å². The number of fused-ring (bicyclic) bond motifs is 2. The Morgan fingerprint density at radius 3 is 2.25 bits per heavy atom. The van der Waals surface area contributed by atoms with E-state index in [1.165, 1.54) is 74.9 Å². The van der Waals surface area contributed by atoms with Gasteiger partial charge in [-0.25, -0.2) is 0 Å². The molecule has 6 aliphatic rings. The number of aryl methyl sites for hydroxylation is 1. The molecule has 6 N–H and O–H groups in total. The second kappa shape index (κ2) is 35.6. The molecule has 2 aliphatic carbocycles. The van der Waals surface area contributed by atoms with Gasteiger partial charge in [0.2, 0.25) is 5.91 Å². The molecule has 0 radical (unpaired) electrons. The lowest BCUT2D eigenvalue weighted by Crippen LogP contribution is -2.75. The van der Waals surface area contributed by atoms with Gasteiger partial charge in [0.25, 0.3) is 0 Å². The summed E-state index contributed by atoms with van der Waals surface area (Å²) in [6, 6.07) is 6.08. The maximum atomic E-state index is 14.8. The highest BCUT2D eigenvalue weighted by molar-refractivity contribution is 6.31. The Bertz CT molecular complexity index is 2450. The summed E-state index contributed by atoms with van der Waals surface area (Å²) in [7, 11) is 4.30. The molecule has 17 heteroatoms. The molecule has 5 fully saturated rings. The molecule has 4 heterocycles. The third-order valence-electron chi connectivity index (χ3n) is 21.4. The third kappa shape index (κ3) is 21.2. The molecule has 7 rings (SSSR count). The highest BCUT2D eigenvalue weighted by atomic mass is 35.5. The molecule has 1 aromatic rings. The number of aliphatic imine (C=N–C) groups is 1. The van der Waals surface area contributed by atoms with Crippen LogP contribution in [-0.4, -0.2) is 162 Å². The summed E-state index contributed by atoms with van der Waals surface area (Å²) in [4.78, 5) is 31.9. The molecule has 89 heavy (non-hydrogen) atoms. The van der Waals surface area contributed by atoms with Crippen molar-refractivity contribution in [2.45, 2.75) is 270 Å². The van der Waals surface area contributed by atoms with Gasteiger partial charge in [0.1, 0.15) is 0 Å². The molecular weight excluding hydrogens is 1140 g/mol. The Balaban J connectivity index is 1.19. The molecule has 5 unspecified atom stereocenters. The zero-order chi connectivity index (χ0) is 64.3. The van der Waals surface area contributed by atoms with Gasteiger partial charge in [-0.2, -0.15) is 13.2 Å². The summed E-state index contributed by atoms with van der Waals surface area (Å²) in [5.41, 5.74) is 3.34. The van der Waals surface area contributed by atoms with Crippen LogP contribution in [0.2, 0.25) is 5.02 Å². The molecule has 1 spiro atoms. The van der Waals surface area contributed by atoms with Gasteiger partial charge in [0.15, 0.2) is 0 Å². The van der Waals surface area contributed by atoms with Crippen molar-refractivity contribution < 1.29 is 18.0 Å². The summed E-state index contributed by atoms with van der Waals surface area (Å²) >= 11 is 6.20. The van der Waals surface area contributed by atoms with Crippen LogP contribution in [0.1, 0.15) is 209 Å². The van der Waals surface area contributed by atoms with Gasteiger partial charge in [0, 0.05) is 168 Å². The van der Waals surface area contributed by atoms with Crippen molar-refractivity contribution in [2.24, 2.45) is 28.7 Å². The van der Waals surface area contributed by atoms with E-state index in [2.05, 4.69) is 152 Å². The van der Waals surface area contributed by atoms with Crippen LogP contribution in [0.25, 0.3) is 0 Å². The minimum atomic E-state index is -4.51. The number of alkyl halides is 3. The van der Waals surface area contributed by atoms with E-state index in [1.54, 1.807) is 0 Å². The van der Waals surface area contributed by atoms with E-state index in [-0.39, 0.29) is 70.9 Å². The monoisotopic (exact) mass is 1260 g/mol. The minimum Gasteiger partial charge on any atom is -0.390 e. The Morgan fingerprint density at radius 2 is 1.56 bits per heavy atom. The second-order valence-corrected chi connectivity index (χ2v) is 29.1. The third-order valence-corrected chi connectivity index (χ3v) is 21.7. The lowest BCUT2D eigenvalue weighted by molar-refractivity contribution is -0.160. The highest BCUT2D eigenvalue weighted by Gasteiger charge is 2.54. The second-order valence-electron chi connectivity index (χ2n) is 28.7. The number of carbonyl (C=O) groups excluding carboxylic acids is 1. The number of nitrogens with zero attached hydrogens (tertiary/aromatic N) is 6. The first-order chi connectivity index (χ1) is 42.6. The molecule has 2 saturated carbocycles. The van der Waals surface area contributed by atoms with Crippen LogP contribution in [0.15, 0.2) is 71.7 Å². The number of benzene rings is 1. The molecule has 3 saturated heterocycles. The van der Waals surface area contributed by atoms with Crippen molar-refractivity contribution in [1.82, 2.24) is 56.4 Å². The number of carbonyl (C=O) groups is 1. The summed E-state index contributed by atoms with van der Waals surface area (Å²) in [5, 5.41) is 23.9. The average molecular weight is 1260 g/mol. The fourth-order valence-electron chi connectivity index (χ4n) is 15.7. The quantitative estimate of drug-likeness (QED) is 0.120. The predicted octanol–water partition coefficient (Wildman–Crippen LogP) is 13.4. The summed E-state index contributed by atoms with van der Waals surface area (Å²) in [6.45, 7) is 30.5. The van der Waals surface area contributed by atoms with Crippen molar-refractivity contribution in [3.8, 4) is 0 Å². The highest BCUT2D eigenvalue weighted by Crippen LogP contribution is 2.41. The molecule has 0 bridgehead atoms. The van der Waals surface area contributed by atoms with E-state index in [9.17, 15) is 18.0 Å². The Hall–Kier alpha value is -3.64. The minimum absolute atomic E-state index is 0.0270. The first-order valence-corrected chi connectivity index (χ1v) is 35.9. The normalized spacial score (nSPS) is 30.0. The van der Waals surface area contributed by atoms with Gasteiger partial charge >= 0.3 is 6.18 Å². The molecule has 11 atom stereocenters. The number of halogens is 4. The summed E-state index contributed by atoms with van der Waals surface area (Å²) in [5.74, 6) is 1.96. The molecule has 13 nitrogen and oxygen atoms in total. The standard InChI is InChI=1S/C72H122ClF3N12O/c1-13-24-67-55(8)83-71(33-19-20-34-71)50-78-37-36-77-35-32-60(30-28-59-29-31-63(64(73)45-59)72(74,75)76)79-38-42-84(11)48-62(44-58-25-17-15-18-26-58)85(12)49-61-27-23-41-87(61)56(9)53(6)82-66(52(5)14-2)46-81-65(43-51(3)4)54(7)80-47-68-69(57(10)88(67)68)70(89)86-39-21-16-22-40-86/h29,31-32,35,38,42,45,48-49,51-58,65-69,77-78,80-83H,13-28,30,33-34,36-37,39-41,43-44,46-47,50H2,1-12H3/t52-,53?,54?,55?,56-,57?,65-,66+,67-,68?,69-/m0/s1. The van der Waals surface area contributed by atoms with E-state index >= 15 is 0 Å². The number of allylic oxidation sites excluding steroid dienone is 3. The Labute approximate surface area is 543 Å². The molecular formula is C72H122ClF3N12O. The number of hydrogen-bond acceptors (Lipinski definition) is 12. The first kappa shape index (κ1) is 72.8. The first-order valence-electron chi connectivity index (χ1n) is 35.5. The molecule has 0 aromatic heterocycles. The van der Waals surface area contributed by atoms with Crippen LogP contribution in [0.3, 0.4) is 0 Å². The summed E-state index contributed by atoms with van der Waals surface area (Å²) in [6.07, 6.45) is 30.8. The SMILES string of the molecule is CCC[C@H]1C(C)NC2(CCCC2)CNCCNC=CC(CCc2ccc(C(F)(F)F)c(Cl)c2)=NC=CN(C)C=C(CC2CCCCC2)N(C)C=C2CCCN2[C@@H](C)C(C)N[C@@H]([C@@H](C)CC)CN[C@@H](CC(C)C)C(C)NCC2[C@@H](C(=O)N3CCCCC3)C(C)N21. The number of rotatable bonds is 12. The van der Waals surface area contributed by atoms with Crippen LogP contribution < -0.4 is 31.9 Å². The van der Waals surface area contributed by atoms with Gasteiger partial charge in [-0.15, -0.1) is 0 Å². The zero-order valence-electron chi connectivity index (χ0n) is 57.3. The lowest BCUT2D eigenvalue weighted by Gasteiger charge is -2.59. The number of amides is 1. The van der Waals surface area contributed by atoms with Crippen molar-refractivity contribution in [3.05, 3.63) is 82.8 Å². The molecule has 1 amide bonds. The number of hydrogen-bond donors (Lipinski definition) is 6. The van der Waals surface area contributed by atoms with Gasteiger partial charge in [-0.1, -0.05) is 110 Å². The molecule has 4 aliphatic heterocycles. The lowest BCUT2D eigenvalue weighted by atomic mass is 9.75. The number of piperidine rings is 1. The number of nitrogens with one attached hydrogen (secondary N) is 6. The van der Waals surface area contributed by atoms with Crippen LogP contribution in [0.4, 0.5) is 13.2 Å². The van der Waals surface area contributed by atoms with E-state index in [1.807, 2.05) is 24.7 Å². The summed E-state index contributed by atoms with van der Waals surface area (Å²) < 4.78 is 41.0. The maximum absolute atomic E-state index is 14.8. The van der Waals surface area contributed by atoms with Crippen molar-refractivity contribution in [2.75, 3.05) is 66.5 Å². The van der Waals surface area contributed by atoms with Gasteiger partial charge < -0.3 is 51.5 Å². The maximum Gasteiger partial charge on any atom is 0.417 e. The van der Waals surface area contributed by atoms with Gasteiger partial charge in [-0.3, -0.25) is 14.7 Å². The largest absolute Gasteiger partial charge is 0.417 e. The van der Waals surface area contributed by atoms with Crippen LogP contribution in [0, 0.1) is 23.7 Å². The smallest absolute Gasteiger partial charge is 0.390 e.